The molecule has 0 aromatic carbocycles. The highest BCUT2D eigenvalue weighted by Gasteiger charge is 0.0000236. The molecule has 2 nitrogen and oxygen atoms in total. The summed E-state index contributed by atoms with van der Waals surface area (Å²) in [5.74, 6) is 0. The highest BCUT2D eigenvalue weighted by atomic mass is 32.1. The summed E-state index contributed by atoms with van der Waals surface area (Å²) in [6.45, 7) is 0. The van der Waals surface area contributed by atoms with Crippen molar-refractivity contribution in [2.75, 3.05) is 0 Å². The van der Waals surface area contributed by atoms with Gasteiger partial charge in [-0.1, -0.05) is 7.43 Å². The Balaban J connectivity index is 0. The van der Waals surface area contributed by atoms with E-state index in [1.807, 2.05) is 0 Å². The van der Waals surface area contributed by atoms with Crippen molar-refractivity contribution in [1.82, 2.24) is 6.15 Å². The average molecular weight is 113 g/mol. The van der Waals surface area contributed by atoms with Gasteiger partial charge in [0.15, 0.2) is 0 Å². The SMILES string of the molecule is C.N.O.S.[Si]. The van der Waals surface area contributed by atoms with Gasteiger partial charge in [0, 0.05) is 11.0 Å². The van der Waals surface area contributed by atoms with Crippen LogP contribution in [0.25, 0.3) is 0 Å². The molecule has 0 atom stereocenters. The van der Waals surface area contributed by atoms with E-state index in [-0.39, 0.29) is 43.5 Å². The van der Waals surface area contributed by atoms with Gasteiger partial charge in [0.1, 0.15) is 0 Å². The molecule has 5 N–H and O–H groups in total. The van der Waals surface area contributed by atoms with Crippen molar-refractivity contribution < 1.29 is 5.48 Å². The fourth-order valence-electron chi connectivity index (χ4n) is 0. The Kier molecular flexibility index (Phi) is 21400. The Morgan fingerprint density at radius 2 is 1.00 bits per heavy atom. The molecule has 36 valence electrons. The fraction of sp³-hybridized carbons (Fsp3) is 1.00. The Bertz CT molecular complexity index is 11.6. The van der Waals surface area contributed by atoms with Crippen LogP contribution in [0.3, 0.4) is 0 Å². The van der Waals surface area contributed by atoms with Crippen LogP contribution in [0.5, 0.6) is 0 Å². The Morgan fingerprint density at radius 3 is 1.00 bits per heavy atom. The lowest BCUT2D eigenvalue weighted by atomic mass is 12.0. The van der Waals surface area contributed by atoms with Gasteiger partial charge in [-0.3, -0.25) is 0 Å². The minimum absolute atomic E-state index is 0. The van der Waals surface area contributed by atoms with Crippen molar-refractivity contribution in [1.29, 1.82) is 0 Å². The number of hydrogen-bond acceptors (Lipinski definition) is 1. The molecule has 0 saturated heterocycles. The summed E-state index contributed by atoms with van der Waals surface area (Å²) in [6.07, 6.45) is 0. The third-order valence-electron chi connectivity index (χ3n) is 0. The monoisotopic (exact) mass is 113 g/mol. The molecule has 0 saturated carbocycles. The van der Waals surface area contributed by atoms with E-state index in [9.17, 15) is 0 Å². The van der Waals surface area contributed by atoms with E-state index in [1.165, 1.54) is 0 Å². The van der Waals surface area contributed by atoms with Gasteiger partial charge < -0.3 is 11.6 Å². The van der Waals surface area contributed by atoms with Crippen LogP contribution in [0.15, 0.2) is 0 Å². The van der Waals surface area contributed by atoms with Crippen LogP contribution in [0.1, 0.15) is 7.43 Å². The van der Waals surface area contributed by atoms with Crippen LogP contribution in [-0.4, -0.2) is 16.4 Å². The Labute approximate surface area is 44.3 Å². The van der Waals surface area contributed by atoms with E-state index in [2.05, 4.69) is 0 Å². The molecule has 5 heavy (non-hydrogen) atoms. The highest BCUT2D eigenvalue weighted by molar-refractivity contribution is 7.59. The zero-order valence-electron chi connectivity index (χ0n) is 2.21. The lowest BCUT2D eigenvalue weighted by Crippen LogP contribution is -0.481. The number of rotatable bonds is 0. The maximum atomic E-state index is 0. The van der Waals surface area contributed by atoms with Crippen LogP contribution in [0, 0.1) is 0 Å². The number of hydrogen-bond donors (Lipinski definition) is 1. The normalized spacial score (nSPS) is 0. The Morgan fingerprint density at radius 1 is 1.00 bits per heavy atom. The predicted octanol–water partition coefficient (Wildman–Crippen LogP) is -0.295. The maximum absolute atomic E-state index is 0. The van der Waals surface area contributed by atoms with Crippen LogP contribution >= 0.6 is 13.5 Å². The van der Waals surface area contributed by atoms with Gasteiger partial charge in [0.05, 0.1) is 0 Å². The molecule has 0 aromatic heterocycles. The molecule has 0 aliphatic rings. The van der Waals surface area contributed by atoms with Crippen molar-refractivity contribution in [2.24, 2.45) is 0 Å². The summed E-state index contributed by atoms with van der Waals surface area (Å²) in [5, 5.41) is 0. The van der Waals surface area contributed by atoms with Gasteiger partial charge in [-0.25, -0.2) is 0 Å². The summed E-state index contributed by atoms with van der Waals surface area (Å²) in [5.41, 5.74) is 0. The molecule has 4 radical (unpaired) electrons. The Hall–Kier alpha value is 0.487. The van der Waals surface area contributed by atoms with Gasteiger partial charge in [-0.05, 0) is 0 Å². The van der Waals surface area contributed by atoms with Crippen molar-refractivity contribution in [2.45, 2.75) is 7.43 Å². The molecular weight excluding hydrogens is 102 g/mol. The summed E-state index contributed by atoms with van der Waals surface area (Å²) in [4.78, 5) is 0. The molecule has 0 spiro atoms. The summed E-state index contributed by atoms with van der Waals surface area (Å²) < 4.78 is 0. The second-order valence-electron chi connectivity index (χ2n) is 0. The molecule has 0 aliphatic heterocycles. The first-order valence-electron chi connectivity index (χ1n) is 0. The molecule has 4 heteroatoms. The standard InChI is InChI=1S/CH4.H3N.H2O.H2S.Si/h1H4;1H3;2*1H2;. The van der Waals surface area contributed by atoms with Gasteiger partial charge in [-0.2, -0.15) is 13.5 Å². The molecule has 0 rings (SSSR count). The van der Waals surface area contributed by atoms with Crippen molar-refractivity contribution in [3.8, 4) is 0 Å². The third kappa shape index (κ3) is 117. The quantitative estimate of drug-likeness (QED) is 0.431. The van der Waals surface area contributed by atoms with E-state index in [0.717, 1.165) is 0 Å². The van der Waals surface area contributed by atoms with Crippen LogP contribution in [0.4, 0.5) is 0 Å². The van der Waals surface area contributed by atoms with Gasteiger partial charge >= 0.3 is 0 Å². The van der Waals surface area contributed by atoms with Gasteiger partial charge in [0.2, 0.25) is 0 Å². The zero-order chi connectivity index (χ0) is 0. The lowest BCUT2D eigenvalue weighted by molar-refractivity contribution is 0.824. The van der Waals surface area contributed by atoms with Crippen molar-refractivity contribution in [3.63, 3.8) is 0 Å². The zero-order valence-corrected chi connectivity index (χ0v) is 4.21. The molecule has 0 fully saturated rings. The summed E-state index contributed by atoms with van der Waals surface area (Å²) in [7, 11) is 0. The summed E-state index contributed by atoms with van der Waals surface area (Å²) in [6, 6.07) is 0. The first kappa shape index (κ1) is 466. The second-order valence-corrected chi connectivity index (χ2v) is 0. The minimum Gasteiger partial charge on any atom is -0.412 e. The van der Waals surface area contributed by atoms with Crippen molar-refractivity contribution >= 4 is 24.5 Å². The van der Waals surface area contributed by atoms with Crippen molar-refractivity contribution in [3.05, 3.63) is 0 Å². The molecule has 0 aromatic rings. The summed E-state index contributed by atoms with van der Waals surface area (Å²) >= 11 is 0. The highest BCUT2D eigenvalue weighted by Crippen LogP contribution is 0.648. The molecule has 0 amide bonds. The maximum Gasteiger partial charge on any atom is 0 e. The molecule has 0 aliphatic carbocycles. The second kappa shape index (κ2) is 230. The van der Waals surface area contributed by atoms with Crippen LogP contribution in [0.2, 0.25) is 0 Å². The van der Waals surface area contributed by atoms with E-state index in [4.69, 9.17) is 0 Å². The van der Waals surface area contributed by atoms with E-state index in [1.54, 1.807) is 0 Å². The van der Waals surface area contributed by atoms with Crippen LogP contribution < -0.4 is 6.15 Å². The molecule has 0 unspecified atom stereocenters. The smallest absolute Gasteiger partial charge is 0 e. The topological polar surface area (TPSA) is 66.5 Å². The first-order chi connectivity index (χ1) is 0. The third-order valence-corrected chi connectivity index (χ3v) is 0. The molecule has 0 bridgehead atoms. The average Bonchev–Trinajstić information content (AvgIpc) is 0. The minimum atomic E-state index is 0. The first-order valence-corrected chi connectivity index (χ1v) is 0. The van der Waals surface area contributed by atoms with Gasteiger partial charge in [-0.15, -0.1) is 0 Å². The van der Waals surface area contributed by atoms with E-state index in [0.29, 0.717) is 0 Å². The van der Waals surface area contributed by atoms with E-state index < -0.39 is 0 Å². The molecular formula is CH11NOSSi. The predicted molar refractivity (Wildman–Crippen MR) is 31.5 cm³/mol. The van der Waals surface area contributed by atoms with Crippen LogP contribution in [-0.2, 0) is 0 Å². The lowest BCUT2D eigenvalue weighted by Gasteiger charge is -0.412. The largest absolute Gasteiger partial charge is 0.412 e. The van der Waals surface area contributed by atoms with E-state index >= 15 is 0 Å². The molecule has 0 heterocycles. The van der Waals surface area contributed by atoms with Gasteiger partial charge in [0.25, 0.3) is 0 Å². The fourth-order valence-corrected chi connectivity index (χ4v) is 0.